The molecule has 0 spiro atoms. The van der Waals surface area contributed by atoms with E-state index in [1.165, 1.54) is 0 Å². The van der Waals surface area contributed by atoms with E-state index >= 15 is 0 Å². The Balaban J connectivity index is 1.73. The molecule has 2 heterocycles. The summed E-state index contributed by atoms with van der Waals surface area (Å²) in [6.45, 7) is 5.13. The van der Waals surface area contributed by atoms with E-state index in [4.69, 9.17) is 14.5 Å². The highest BCUT2D eigenvalue weighted by atomic mass is 32.1. The predicted octanol–water partition coefficient (Wildman–Crippen LogP) is 3.17. The number of aliphatic hydroxyl groups is 1. The van der Waals surface area contributed by atoms with Crippen molar-refractivity contribution >= 4 is 11.3 Å². The maximum absolute atomic E-state index is 9.78. The molecule has 1 aromatic heterocycles. The summed E-state index contributed by atoms with van der Waals surface area (Å²) in [5.41, 5.74) is 2.09. The molecule has 1 aromatic carbocycles. The smallest absolute Gasteiger partial charge is 0.161 e. The number of methoxy groups -OCH3 is 1. The third kappa shape index (κ3) is 4.06. The van der Waals surface area contributed by atoms with Crippen molar-refractivity contribution in [1.82, 2.24) is 9.88 Å². The van der Waals surface area contributed by atoms with Gasteiger partial charge < -0.3 is 14.6 Å². The summed E-state index contributed by atoms with van der Waals surface area (Å²) in [6.07, 6.45) is 1.76. The zero-order chi connectivity index (χ0) is 16.9. The second-order valence-electron chi connectivity index (χ2n) is 5.97. The Kier molecular flexibility index (Phi) is 5.71. The molecule has 1 unspecified atom stereocenters. The Labute approximate surface area is 146 Å². The number of likely N-dealkylation sites (tertiary alicyclic amines) is 1. The van der Waals surface area contributed by atoms with Crippen LogP contribution in [-0.2, 0) is 6.54 Å². The summed E-state index contributed by atoms with van der Waals surface area (Å²) in [5.74, 6) is 1.48. The minimum atomic E-state index is -0.202. The third-order valence-corrected chi connectivity index (χ3v) is 5.07. The molecule has 3 rings (SSSR count). The van der Waals surface area contributed by atoms with Crippen LogP contribution in [0.2, 0.25) is 0 Å². The quantitative estimate of drug-likeness (QED) is 0.869. The van der Waals surface area contributed by atoms with Gasteiger partial charge in [-0.15, -0.1) is 11.3 Å². The molecule has 0 radical (unpaired) electrons. The summed E-state index contributed by atoms with van der Waals surface area (Å²) in [4.78, 5) is 7.02. The van der Waals surface area contributed by atoms with Crippen molar-refractivity contribution < 1.29 is 14.6 Å². The number of ether oxygens (including phenoxy) is 2. The molecular weight excluding hydrogens is 324 g/mol. The number of hydrogen-bond acceptors (Lipinski definition) is 6. The molecule has 1 saturated heterocycles. The minimum absolute atomic E-state index is 0.202. The number of rotatable bonds is 6. The van der Waals surface area contributed by atoms with Gasteiger partial charge in [0.2, 0.25) is 0 Å². The molecule has 0 saturated carbocycles. The average molecular weight is 348 g/mol. The van der Waals surface area contributed by atoms with Crippen molar-refractivity contribution in [2.45, 2.75) is 32.4 Å². The SMILES string of the molecule is CCOc1ccc(-c2nc(CN3CCCC(O)C3)cs2)cc1OC. The number of β-amino-alcohol motifs (C(OH)–C–C–N with tert-alkyl or cyclic N) is 1. The lowest BCUT2D eigenvalue weighted by molar-refractivity contribution is 0.0663. The van der Waals surface area contributed by atoms with E-state index in [2.05, 4.69) is 10.3 Å². The second-order valence-corrected chi connectivity index (χ2v) is 6.83. The average Bonchev–Trinajstić information content (AvgIpc) is 3.04. The maximum Gasteiger partial charge on any atom is 0.161 e. The number of nitrogens with zero attached hydrogens (tertiary/aromatic N) is 2. The third-order valence-electron chi connectivity index (χ3n) is 4.13. The fraction of sp³-hybridized carbons (Fsp3) is 0.500. The van der Waals surface area contributed by atoms with E-state index < -0.39 is 0 Å². The van der Waals surface area contributed by atoms with Crippen LogP contribution in [0.3, 0.4) is 0 Å². The molecule has 1 aliphatic heterocycles. The molecule has 0 bridgehead atoms. The first-order chi connectivity index (χ1) is 11.7. The Morgan fingerprint density at radius 1 is 1.38 bits per heavy atom. The van der Waals surface area contributed by atoms with Crippen molar-refractivity contribution in [3.8, 4) is 22.1 Å². The van der Waals surface area contributed by atoms with Crippen LogP contribution in [0.15, 0.2) is 23.6 Å². The van der Waals surface area contributed by atoms with Gasteiger partial charge in [0.1, 0.15) is 5.01 Å². The molecule has 1 aliphatic rings. The van der Waals surface area contributed by atoms with Crippen LogP contribution in [0, 0.1) is 0 Å². The summed E-state index contributed by atoms with van der Waals surface area (Å²) in [7, 11) is 1.65. The molecule has 24 heavy (non-hydrogen) atoms. The van der Waals surface area contributed by atoms with Crippen LogP contribution in [-0.4, -0.2) is 47.9 Å². The normalized spacial score (nSPS) is 18.5. The van der Waals surface area contributed by atoms with E-state index in [-0.39, 0.29) is 6.10 Å². The number of piperidine rings is 1. The van der Waals surface area contributed by atoms with Crippen LogP contribution in [0.25, 0.3) is 10.6 Å². The number of hydrogen-bond donors (Lipinski definition) is 1. The van der Waals surface area contributed by atoms with Crippen LogP contribution < -0.4 is 9.47 Å². The molecule has 0 amide bonds. The first-order valence-electron chi connectivity index (χ1n) is 8.35. The minimum Gasteiger partial charge on any atom is -0.493 e. The lowest BCUT2D eigenvalue weighted by Crippen LogP contribution is -2.37. The van der Waals surface area contributed by atoms with Gasteiger partial charge >= 0.3 is 0 Å². The fourth-order valence-corrected chi connectivity index (χ4v) is 3.80. The van der Waals surface area contributed by atoms with Gasteiger partial charge in [0.25, 0.3) is 0 Å². The highest BCUT2D eigenvalue weighted by Gasteiger charge is 2.19. The summed E-state index contributed by atoms with van der Waals surface area (Å²) in [5, 5.41) is 12.9. The number of thiazole rings is 1. The summed E-state index contributed by atoms with van der Waals surface area (Å²) < 4.78 is 11.0. The number of aromatic nitrogens is 1. The first kappa shape index (κ1) is 17.2. The fourth-order valence-electron chi connectivity index (χ4n) is 2.99. The van der Waals surface area contributed by atoms with Gasteiger partial charge in [-0.1, -0.05) is 0 Å². The van der Waals surface area contributed by atoms with Crippen LogP contribution in [0.4, 0.5) is 0 Å². The molecule has 6 heteroatoms. The molecule has 2 aromatic rings. The Morgan fingerprint density at radius 3 is 3.00 bits per heavy atom. The topological polar surface area (TPSA) is 54.8 Å². The summed E-state index contributed by atoms with van der Waals surface area (Å²) in [6, 6.07) is 5.92. The van der Waals surface area contributed by atoms with Crippen LogP contribution in [0.1, 0.15) is 25.5 Å². The zero-order valence-corrected chi connectivity index (χ0v) is 15.0. The highest BCUT2D eigenvalue weighted by molar-refractivity contribution is 7.13. The van der Waals surface area contributed by atoms with E-state index in [9.17, 15) is 5.11 Å². The summed E-state index contributed by atoms with van der Waals surface area (Å²) >= 11 is 1.63. The molecule has 130 valence electrons. The Morgan fingerprint density at radius 2 is 2.25 bits per heavy atom. The molecular formula is C18H24N2O3S. The molecule has 5 nitrogen and oxygen atoms in total. The van der Waals surface area contributed by atoms with Crippen molar-refractivity contribution in [2.24, 2.45) is 0 Å². The molecule has 1 atom stereocenters. The van der Waals surface area contributed by atoms with Crippen LogP contribution in [0.5, 0.6) is 11.5 Å². The van der Waals surface area contributed by atoms with Crippen LogP contribution >= 0.6 is 11.3 Å². The zero-order valence-electron chi connectivity index (χ0n) is 14.2. The largest absolute Gasteiger partial charge is 0.493 e. The Bertz CT molecular complexity index is 674. The molecule has 1 fully saturated rings. The lowest BCUT2D eigenvalue weighted by atomic mass is 10.1. The lowest BCUT2D eigenvalue weighted by Gasteiger charge is -2.29. The van der Waals surface area contributed by atoms with Gasteiger partial charge in [0, 0.05) is 24.0 Å². The maximum atomic E-state index is 9.78. The van der Waals surface area contributed by atoms with E-state index in [1.54, 1.807) is 18.4 Å². The second kappa shape index (κ2) is 7.96. The van der Waals surface area contributed by atoms with Gasteiger partial charge in [0.05, 0.1) is 25.5 Å². The van der Waals surface area contributed by atoms with Crippen molar-refractivity contribution in [3.63, 3.8) is 0 Å². The Hall–Kier alpha value is -1.63. The van der Waals surface area contributed by atoms with Gasteiger partial charge in [0.15, 0.2) is 11.5 Å². The number of aliphatic hydroxyl groups excluding tert-OH is 1. The van der Waals surface area contributed by atoms with Gasteiger partial charge in [-0.2, -0.15) is 0 Å². The van der Waals surface area contributed by atoms with Crippen molar-refractivity contribution in [1.29, 1.82) is 0 Å². The highest BCUT2D eigenvalue weighted by Crippen LogP contribution is 2.34. The van der Waals surface area contributed by atoms with Gasteiger partial charge in [-0.05, 0) is 44.5 Å². The van der Waals surface area contributed by atoms with Crippen molar-refractivity contribution in [3.05, 3.63) is 29.3 Å². The van der Waals surface area contributed by atoms with Gasteiger partial charge in [-0.25, -0.2) is 4.98 Å². The monoisotopic (exact) mass is 348 g/mol. The van der Waals surface area contributed by atoms with E-state index in [1.807, 2.05) is 25.1 Å². The van der Waals surface area contributed by atoms with E-state index in [0.29, 0.717) is 6.61 Å². The number of benzene rings is 1. The first-order valence-corrected chi connectivity index (χ1v) is 9.23. The van der Waals surface area contributed by atoms with E-state index in [0.717, 1.165) is 60.2 Å². The predicted molar refractivity (Wildman–Crippen MR) is 95.8 cm³/mol. The van der Waals surface area contributed by atoms with Crippen molar-refractivity contribution in [2.75, 3.05) is 26.8 Å². The standard InChI is InChI=1S/C18H24N2O3S/c1-3-23-16-7-6-13(9-17(16)22-2)18-19-14(12-24-18)10-20-8-4-5-15(21)11-20/h6-7,9,12,15,21H,3-5,8,10-11H2,1-2H3. The van der Waals surface area contributed by atoms with Gasteiger partial charge in [-0.3, -0.25) is 4.90 Å². The molecule has 0 aliphatic carbocycles. The molecule has 1 N–H and O–H groups in total.